The first kappa shape index (κ1) is 11.0. The Morgan fingerprint density at radius 1 is 1.28 bits per heavy atom. The van der Waals surface area contributed by atoms with Gasteiger partial charge in [0.25, 0.3) is 0 Å². The molecule has 1 N–H and O–H groups in total. The monoisotopic (exact) mass is 258 g/mol. The SMILES string of the molecule is Cc1ccc(C=C2Oc3cc(O)ccc3C2=O)s1. The van der Waals surface area contributed by atoms with E-state index in [0.717, 1.165) is 4.88 Å². The summed E-state index contributed by atoms with van der Waals surface area (Å²) < 4.78 is 5.47. The van der Waals surface area contributed by atoms with Crippen LogP contribution in [0.2, 0.25) is 0 Å². The summed E-state index contributed by atoms with van der Waals surface area (Å²) in [6.45, 7) is 2.01. The molecule has 0 amide bonds. The van der Waals surface area contributed by atoms with Crippen molar-refractivity contribution in [3.05, 3.63) is 51.4 Å². The predicted octanol–water partition coefficient (Wildman–Crippen LogP) is 3.38. The van der Waals surface area contributed by atoms with Crippen molar-refractivity contribution in [2.45, 2.75) is 6.92 Å². The van der Waals surface area contributed by atoms with Gasteiger partial charge in [0, 0.05) is 21.9 Å². The van der Waals surface area contributed by atoms with Gasteiger partial charge < -0.3 is 9.84 Å². The Morgan fingerprint density at radius 3 is 2.83 bits per heavy atom. The first-order chi connectivity index (χ1) is 8.63. The van der Waals surface area contributed by atoms with Crippen LogP contribution in [-0.2, 0) is 0 Å². The first-order valence-electron chi connectivity index (χ1n) is 5.47. The molecule has 2 aromatic rings. The highest BCUT2D eigenvalue weighted by Crippen LogP contribution is 2.34. The highest BCUT2D eigenvalue weighted by Gasteiger charge is 2.27. The molecule has 0 saturated carbocycles. The van der Waals surface area contributed by atoms with Crippen LogP contribution in [0, 0.1) is 6.92 Å². The lowest BCUT2D eigenvalue weighted by Gasteiger charge is -1.97. The molecule has 18 heavy (non-hydrogen) atoms. The van der Waals surface area contributed by atoms with Crippen molar-refractivity contribution in [3.63, 3.8) is 0 Å². The van der Waals surface area contributed by atoms with E-state index in [1.165, 1.54) is 17.0 Å². The fraction of sp³-hybridized carbons (Fsp3) is 0.0714. The van der Waals surface area contributed by atoms with Crippen LogP contribution >= 0.6 is 11.3 Å². The van der Waals surface area contributed by atoms with Crippen LogP contribution in [-0.4, -0.2) is 10.9 Å². The van der Waals surface area contributed by atoms with Crippen molar-refractivity contribution in [2.75, 3.05) is 0 Å². The lowest BCUT2D eigenvalue weighted by atomic mass is 10.1. The molecule has 0 fully saturated rings. The number of aromatic hydroxyl groups is 1. The van der Waals surface area contributed by atoms with E-state index in [1.807, 2.05) is 19.1 Å². The lowest BCUT2D eigenvalue weighted by Crippen LogP contribution is -1.97. The van der Waals surface area contributed by atoms with Gasteiger partial charge in [-0.05, 0) is 31.2 Å². The molecule has 0 radical (unpaired) electrons. The van der Waals surface area contributed by atoms with Gasteiger partial charge in [-0.3, -0.25) is 4.79 Å². The summed E-state index contributed by atoms with van der Waals surface area (Å²) in [5, 5.41) is 9.35. The Balaban J connectivity index is 1.99. The van der Waals surface area contributed by atoms with Crippen LogP contribution in [0.5, 0.6) is 11.5 Å². The fourth-order valence-electron chi connectivity index (χ4n) is 1.84. The molecule has 1 aliphatic heterocycles. The van der Waals surface area contributed by atoms with Gasteiger partial charge in [-0.1, -0.05) is 0 Å². The zero-order valence-electron chi connectivity index (χ0n) is 9.64. The van der Waals surface area contributed by atoms with E-state index in [2.05, 4.69) is 0 Å². The van der Waals surface area contributed by atoms with Crippen LogP contribution in [0.4, 0.5) is 0 Å². The minimum atomic E-state index is -0.143. The summed E-state index contributed by atoms with van der Waals surface area (Å²) in [5.41, 5.74) is 0.493. The number of hydrogen-bond donors (Lipinski definition) is 1. The van der Waals surface area contributed by atoms with E-state index in [1.54, 1.807) is 23.5 Å². The number of aryl methyl sites for hydroxylation is 1. The molecule has 0 atom stereocenters. The Hall–Kier alpha value is -2.07. The predicted molar refractivity (Wildman–Crippen MR) is 70.1 cm³/mol. The number of carbonyl (C=O) groups is 1. The normalized spacial score (nSPS) is 15.8. The second-order valence-electron chi connectivity index (χ2n) is 4.07. The van der Waals surface area contributed by atoms with Crippen LogP contribution in [0.1, 0.15) is 20.1 Å². The smallest absolute Gasteiger partial charge is 0.232 e. The number of ketones is 1. The molecule has 0 spiro atoms. The topological polar surface area (TPSA) is 46.5 Å². The standard InChI is InChI=1S/C14H10O3S/c1-8-2-4-10(18-8)7-13-14(16)11-5-3-9(15)6-12(11)17-13/h2-7,15H,1H3. The molecule has 90 valence electrons. The van der Waals surface area contributed by atoms with Crippen LogP contribution in [0.15, 0.2) is 36.1 Å². The quantitative estimate of drug-likeness (QED) is 0.798. The van der Waals surface area contributed by atoms with Crippen molar-refractivity contribution in [3.8, 4) is 11.5 Å². The van der Waals surface area contributed by atoms with Crippen LogP contribution < -0.4 is 4.74 Å². The van der Waals surface area contributed by atoms with Crippen molar-refractivity contribution in [2.24, 2.45) is 0 Å². The van der Waals surface area contributed by atoms with Gasteiger partial charge in [-0.15, -0.1) is 11.3 Å². The number of Topliss-reactive ketones (excluding diaryl/α,β-unsaturated/α-hetero) is 1. The summed E-state index contributed by atoms with van der Waals surface area (Å²) in [4.78, 5) is 14.2. The molecule has 1 aromatic heterocycles. The zero-order chi connectivity index (χ0) is 12.7. The van der Waals surface area contributed by atoms with E-state index in [-0.39, 0.29) is 11.5 Å². The lowest BCUT2D eigenvalue weighted by molar-refractivity contribution is 0.101. The molecule has 3 rings (SSSR count). The second kappa shape index (κ2) is 3.99. The van der Waals surface area contributed by atoms with Gasteiger partial charge in [0.15, 0.2) is 5.76 Å². The highest BCUT2D eigenvalue weighted by atomic mass is 32.1. The van der Waals surface area contributed by atoms with Gasteiger partial charge in [-0.25, -0.2) is 0 Å². The van der Waals surface area contributed by atoms with Crippen LogP contribution in [0.3, 0.4) is 0 Å². The third-order valence-corrected chi connectivity index (χ3v) is 3.64. The number of allylic oxidation sites excluding steroid dienone is 1. The molecule has 0 unspecified atom stereocenters. The molecule has 1 aliphatic rings. The minimum Gasteiger partial charge on any atom is -0.508 e. The zero-order valence-corrected chi connectivity index (χ0v) is 10.5. The van der Waals surface area contributed by atoms with Gasteiger partial charge in [-0.2, -0.15) is 0 Å². The molecule has 0 saturated heterocycles. The molecule has 4 heteroatoms. The molecule has 2 heterocycles. The maximum atomic E-state index is 12.0. The largest absolute Gasteiger partial charge is 0.508 e. The summed E-state index contributed by atoms with van der Waals surface area (Å²) in [6, 6.07) is 8.46. The summed E-state index contributed by atoms with van der Waals surface area (Å²) in [5.74, 6) is 0.669. The molecule has 0 bridgehead atoms. The van der Waals surface area contributed by atoms with Crippen LogP contribution in [0.25, 0.3) is 6.08 Å². The number of phenols is 1. The number of benzene rings is 1. The van der Waals surface area contributed by atoms with E-state index < -0.39 is 0 Å². The van der Waals surface area contributed by atoms with Gasteiger partial charge >= 0.3 is 0 Å². The number of rotatable bonds is 1. The van der Waals surface area contributed by atoms with E-state index >= 15 is 0 Å². The number of thiophene rings is 1. The summed E-state index contributed by atoms with van der Waals surface area (Å²) in [7, 11) is 0. The maximum Gasteiger partial charge on any atom is 0.232 e. The van der Waals surface area contributed by atoms with E-state index in [4.69, 9.17) is 4.74 Å². The molecule has 1 aromatic carbocycles. The summed E-state index contributed by atoms with van der Waals surface area (Å²) in [6.07, 6.45) is 1.73. The number of carbonyl (C=O) groups excluding carboxylic acids is 1. The molecule has 0 aliphatic carbocycles. The highest BCUT2D eigenvalue weighted by molar-refractivity contribution is 7.12. The number of phenolic OH excluding ortho intramolecular Hbond substituents is 1. The number of fused-ring (bicyclic) bond motifs is 1. The average molecular weight is 258 g/mol. The van der Waals surface area contributed by atoms with E-state index in [0.29, 0.717) is 17.1 Å². The molecular weight excluding hydrogens is 248 g/mol. The average Bonchev–Trinajstić information content (AvgIpc) is 2.85. The van der Waals surface area contributed by atoms with Crippen molar-refractivity contribution < 1.29 is 14.6 Å². The van der Waals surface area contributed by atoms with Gasteiger partial charge in [0.05, 0.1) is 5.56 Å². The van der Waals surface area contributed by atoms with Gasteiger partial charge in [0.1, 0.15) is 11.5 Å². The maximum absolute atomic E-state index is 12.0. The van der Waals surface area contributed by atoms with Crippen molar-refractivity contribution in [1.82, 2.24) is 0 Å². The first-order valence-corrected chi connectivity index (χ1v) is 6.29. The van der Waals surface area contributed by atoms with Gasteiger partial charge in [0.2, 0.25) is 5.78 Å². The Kier molecular flexibility index (Phi) is 2.45. The van der Waals surface area contributed by atoms with E-state index in [9.17, 15) is 9.90 Å². The van der Waals surface area contributed by atoms with Crippen molar-refractivity contribution >= 4 is 23.2 Å². The van der Waals surface area contributed by atoms with Crippen molar-refractivity contribution in [1.29, 1.82) is 0 Å². The fourth-order valence-corrected chi connectivity index (χ4v) is 2.65. The Bertz CT molecular complexity index is 667. The molecular formula is C14H10O3S. The summed E-state index contributed by atoms with van der Waals surface area (Å²) >= 11 is 1.60. The second-order valence-corrected chi connectivity index (χ2v) is 5.39. The number of ether oxygens (including phenoxy) is 1. The molecule has 3 nitrogen and oxygen atoms in total. The number of hydrogen-bond acceptors (Lipinski definition) is 4. The third kappa shape index (κ3) is 1.80. The Labute approximate surface area is 108 Å². The Morgan fingerprint density at radius 2 is 2.11 bits per heavy atom. The minimum absolute atomic E-state index is 0.0924. The third-order valence-electron chi connectivity index (χ3n) is 2.69.